The van der Waals surface area contributed by atoms with Crippen molar-refractivity contribution < 1.29 is 9.30 Å². The summed E-state index contributed by atoms with van der Waals surface area (Å²) in [7, 11) is 1.33. The minimum Gasteiger partial charge on any atom is -0.494 e. The lowest BCUT2D eigenvalue weighted by Crippen LogP contribution is -2.52. The van der Waals surface area contributed by atoms with Gasteiger partial charge in [0, 0.05) is 62.4 Å². The maximum Gasteiger partial charge on any atom is 0.205 e. The molecule has 0 unspecified atom stereocenters. The van der Waals surface area contributed by atoms with Gasteiger partial charge in [-0.25, -0.2) is 4.98 Å². The third kappa shape index (κ3) is 6.24. The van der Waals surface area contributed by atoms with Crippen molar-refractivity contribution >= 4 is 58.4 Å². The highest BCUT2D eigenvalue weighted by Crippen LogP contribution is 2.40. The van der Waals surface area contributed by atoms with Gasteiger partial charge in [-0.2, -0.15) is 0 Å². The average molecular weight is 638 g/mol. The number of likely N-dealkylation sites (N-methyl/N-ethyl adjacent to an activating group) is 1. The number of rotatable bonds is 8. The normalized spacial score (nSPS) is 17.3. The Labute approximate surface area is 263 Å². The molecule has 0 spiro atoms. The SMILES string of the molecule is COc1cc(N2CCC(N3CCN(C)CC3)CC2)c(C)cc1Nc1nc(Nc2ccccc2P(C)(C)=O)c(Cl)n2cnnc12. The van der Waals surface area contributed by atoms with Crippen molar-refractivity contribution in [2.24, 2.45) is 0 Å². The van der Waals surface area contributed by atoms with Gasteiger partial charge in [0.25, 0.3) is 0 Å². The van der Waals surface area contributed by atoms with Gasteiger partial charge in [-0.15, -0.1) is 10.2 Å². The summed E-state index contributed by atoms with van der Waals surface area (Å²) in [5.41, 5.74) is 4.25. The molecule has 0 atom stereocenters. The first-order valence-corrected chi connectivity index (χ1v) is 18.0. The zero-order valence-corrected chi connectivity index (χ0v) is 27.7. The van der Waals surface area contributed by atoms with Crippen LogP contribution < -0.4 is 25.6 Å². The second-order valence-corrected chi connectivity index (χ2v) is 15.7. The van der Waals surface area contributed by atoms with Crippen molar-refractivity contribution in [1.29, 1.82) is 0 Å². The van der Waals surface area contributed by atoms with Crippen molar-refractivity contribution in [3.63, 3.8) is 0 Å². The highest BCUT2D eigenvalue weighted by atomic mass is 35.5. The molecule has 2 aromatic carbocycles. The topological polar surface area (TPSA) is 103 Å². The summed E-state index contributed by atoms with van der Waals surface area (Å²) >= 11 is 6.76. The van der Waals surface area contributed by atoms with E-state index in [4.69, 9.17) is 21.3 Å². The fourth-order valence-electron chi connectivity index (χ4n) is 6.27. The van der Waals surface area contributed by atoms with E-state index >= 15 is 0 Å². The van der Waals surface area contributed by atoms with Crippen LogP contribution in [0.5, 0.6) is 5.75 Å². The van der Waals surface area contributed by atoms with E-state index in [1.54, 1.807) is 31.2 Å². The van der Waals surface area contributed by atoms with E-state index in [2.05, 4.69) is 61.6 Å². The number of nitrogens with one attached hydrogen (secondary N) is 2. The lowest BCUT2D eigenvalue weighted by atomic mass is 10.0. The first-order valence-electron chi connectivity index (χ1n) is 15.1. The van der Waals surface area contributed by atoms with Gasteiger partial charge in [0.2, 0.25) is 5.65 Å². The number of methoxy groups -OCH3 is 1. The maximum atomic E-state index is 13.0. The number of para-hydroxylation sites is 1. The number of anilines is 5. The van der Waals surface area contributed by atoms with Crippen LogP contribution >= 0.6 is 18.7 Å². The Balaban J connectivity index is 1.25. The minimum absolute atomic E-state index is 0.311. The smallest absolute Gasteiger partial charge is 0.205 e. The molecule has 2 aliphatic rings. The van der Waals surface area contributed by atoms with Gasteiger partial charge >= 0.3 is 0 Å². The van der Waals surface area contributed by atoms with Crippen LogP contribution in [0.3, 0.4) is 0 Å². The molecule has 0 amide bonds. The predicted octanol–water partition coefficient (Wildman–Crippen LogP) is 5.05. The highest BCUT2D eigenvalue weighted by molar-refractivity contribution is 7.70. The Bertz CT molecular complexity index is 1690. The molecule has 234 valence electrons. The first-order chi connectivity index (χ1) is 21.1. The largest absolute Gasteiger partial charge is 0.494 e. The summed E-state index contributed by atoms with van der Waals surface area (Å²) in [6.45, 7) is 12.3. The number of halogens is 1. The molecular formula is C31H41ClN9O2P. The fourth-order valence-corrected chi connectivity index (χ4v) is 7.64. The molecule has 4 aromatic rings. The van der Waals surface area contributed by atoms with Crippen LogP contribution in [-0.2, 0) is 4.57 Å². The molecule has 11 nitrogen and oxygen atoms in total. The Morgan fingerprint density at radius 1 is 0.977 bits per heavy atom. The standard InChI is InChI=1S/C31H41ClN9O2P/c1-21-18-24(26(43-3)19-25(21)40-12-10-22(11-13-40)39-16-14-38(2)15-17-39)35-30-31-37-33-20-41(31)28(32)29(36-30)34-23-8-6-7-9-27(23)44(4,5)42/h6-9,18-20,22,34H,10-17H2,1-5H3,(H,35,36). The van der Waals surface area contributed by atoms with Crippen LogP contribution in [0.4, 0.5) is 28.7 Å². The number of piperidine rings is 1. The van der Waals surface area contributed by atoms with E-state index in [-0.39, 0.29) is 0 Å². The zero-order chi connectivity index (χ0) is 31.0. The monoisotopic (exact) mass is 637 g/mol. The molecule has 0 bridgehead atoms. The van der Waals surface area contributed by atoms with Gasteiger partial charge in [-0.3, -0.25) is 9.30 Å². The van der Waals surface area contributed by atoms with Crippen LogP contribution in [0, 0.1) is 6.92 Å². The van der Waals surface area contributed by atoms with Crippen LogP contribution in [0.25, 0.3) is 5.65 Å². The molecule has 44 heavy (non-hydrogen) atoms. The molecule has 0 saturated carbocycles. The predicted molar refractivity (Wildman–Crippen MR) is 180 cm³/mol. The van der Waals surface area contributed by atoms with Crippen LogP contribution in [0.1, 0.15) is 18.4 Å². The van der Waals surface area contributed by atoms with E-state index in [1.165, 1.54) is 5.69 Å². The number of nitrogens with zero attached hydrogens (tertiary/aromatic N) is 7. The number of hydrogen-bond donors (Lipinski definition) is 2. The molecule has 6 rings (SSSR count). The van der Waals surface area contributed by atoms with Gasteiger partial charge in [0.1, 0.15) is 19.2 Å². The molecule has 0 radical (unpaired) electrons. The Hall–Kier alpha value is -3.37. The molecule has 2 aromatic heterocycles. The van der Waals surface area contributed by atoms with E-state index < -0.39 is 7.14 Å². The number of aryl methyl sites for hydroxylation is 1. The van der Waals surface area contributed by atoms with Crippen LogP contribution in [0.2, 0.25) is 5.15 Å². The number of fused-ring (bicyclic) bond motifs is 1. The van der Waals surface area contributed by atoms with Crippen LogP contribution in [0.15, 0.2) is 42.7 Å². The number of piperazine rings is 1. The molecular weight excluding hydrogens is 597 g/mol. The first kappa shape index (κ1) is 30.6. The molecule has 4 heterocycles. The molecule has 2 N–H and O–H groups in total. The van der Waals surface area contributed by atoms with Gasteiger partial charge in [-0.05, 0) is 63.9 Å². The summed E-state index contributed by atoms with van der Waals surface area (Å²) in [4.78, 5) is 12.4. The van der Waals surface area contributed by atoms with E-state index in [1.807, 2.05) is 24.3 Å². The van der Waals surface area contributed by atoms with Crippen molar-refractivity contribution in [3.8, 4) is 5.75 Å². The number of aromatic nitrogens is 4. The molecule has 0 aliphatic carbocycles. The number of benzene rings is 2. The minimum atomic E-state index is -2.56. The summed E-state index contributed by atoms with van der Waals surface area (Å²) in [5.74, 6) is 1.55. The van der Waals surface area contributed by atoms with E-state index in [0.29, 0.717) is 39.9 Å². The average Bonchev–Trinajstić information content (AvgIpc) is 3.51. The van der Waals surface area contributed by atoms with Crippen molar-refractivity contribution in [2.75, 3.05) is 82.3 Å². The number of ether oxygens (including phenoxy) is 1. The lowest BCUT2D eigenvalue weighted by molar-refractivity contribution is 0.0982. The van der Waals surface area contributed by atoms with Crippen molar-refractivity contribution in [3.05, 3.63) is 53.4 Å². The third-order valence-corrected chi connectivity index (χ3v) is 10.7. The number of hydrogen-bond acceptors (Lipinski definition) is 10. The summed E-state index contributed by atoms with van der Waals surface area (Å²) in [6.07, 6.45) is 3.87. The summed E-state index contributed by atoms with van der Waals surface area (Å²) in [6, 6.07) is 12.3. The van der Waals surface area contributed by atoms with Gasteiger partial charge in [-0.1, -0.05) is 23.7 Å². The summed E-state index contributed by atoms with van der Waals surface area (Å²) < 4.78 is 20.5. The maximum absolute atomic E-state index is 13.0. The van der Waals surface area contributed by atoms with E-state index in [0.717, 1.165) is 68.7 Å². The van der Waals surface area contributed by atoms with Gasteiger partial charge in [0.15, 0.2) is 16.8 Å². The quantitative estimate of drug-likeness (QED) is 0.255. The van der Waals surface area contributed by atoms with Gasteiger partial charge < -0.3 is 29.7 Å². The zero-order valence-electron chi connectivity index (χ0n) is 26.0. The highest BCUT2D eigenvalue weighted by Gasteiger charge is 2.28. The second-order valence-electron chi connectivity index (χ2n) is 12.1. The third-order valence-electron chi connectivity index (χ3n) is 8.76. The molecule has 2 aliphatic heterocycles. The Morgan fingerprint density at radius 2 is 1.68 bits per heavy atom. The lowest BCUT2D eigenvalue weighted by Gasteiger charge is -2.43. The van der Waals surface area contributed by atoms with E-state index in [9.17, 15) is 4.57 Å². The van der Waals surface area contributed by atoms with Gasteiger partial charge in [0.05, 0.1) is 18.5 Å². The van der Waals surface area contributed by atoms with Crippen molar-refractivity contribution in [2.45, 2.75) is 25.8 Å². The Kier molecular flexibility index (Phi) is 8.75. The fraction of sp³-hybridized carbons (Fsp3) is 0.452. The van der Waals surface area contributed by atoms with Crippen LogP contribution in [-0.4, -0.2) is 102 Å². The molecule has 2 fully saturated rings. The van der Waals surface area contributed by atoms with Crippen molar-refractivity contribution in [1.82, 2.24) is 29.4 Å². The second kappa shape index (κ2) is 12.6. The summed E-state index contributed by atoms with van der Waals surface area (Å²) in [5, 5.41) is 16.1. The Morgan fingerprint density at radius 3 is 2.39 bits per heavy atom. The molecule has 13 heteroatoms. The molecule has 2 saturated heterocycles.